The highest BCUT2D eigenvalue weighted by Crippen LogP contribution is 2.32. The number of nitrogens with two attached hydrogens (primary N) is 1. The molecule has 3 aromatic rings. The number of likely N-dealkylation sites (tertiary alicyclic amines) is 1. The Kier molecular flexibility index (Phi) is 5.60. The fourth-order valence-corrected chi connectivity index (χ4v) is 4.08. The smallest absolute Gasteiger partial charge is 0.388 e. The maximum absolute atomic E-state index is 13.0. The molecule has 0 spiro atoms. The number of alkyl halides is 3. The molecule has 0 aliphatic carbocycles. The minimum absolute atomic E-state index is 0.0607. The standard InChI is InChI=1S/C21H25F3N6O2/c1-28-9-7-20(32,8-10-28)11-30-12-26-15-16(19(30)31)27-29(2)17(15)13-3-5-14(6-4-13)18(25)21(22,23)24/h3-6,12,18,32H,7-11,25H2,1-2H3. The number of rotatable bonds is 4. The van der Waals surface area contributed by atoms with E-state index >= 15 is 0 Å². The number of hydrogen-bond donors (Lipinski definition) is 2. The number of piperidine rings is 1. The zero-order valence-electron chi connectivity index (χ0n) is 17.8. The summed E-state index contributed by atoms with van der Waals surface area (Å²) in [5.74, 6) is 0. The van der Waals surface area contributed by atoms with Crippen molar-refractivity contribution < 1.29 is 18.3 Å². The van der Waals surface area contributed by atoms with Crippen LogP contribution in [0.1, 0.15) is 24.4 Å². The van der Waals surface area contributed by atoms with Gasteiger partial charge in [0.2, 0.25) is 0 Å². The van der Waals surface area contributed by atoms with Gasteiger partial charge >= 0.3 is 6.18 Å². The Hall–Kier alpha value is -2.76. The third kappa shape index (κ3) is 4.15. The highest BCUT2D eigenvalue weighted by molar-refractivity contribution is 5.89. The highest BCUT2D eigenvalue weighted by atomic mass is 19.4. The van der Waals surface area contributed by atoms with E-state index in [4.69, 9.17) is 5.73 Å². The van der Waals surface area contributed by atoms with Gasteiger partial charge in [0.05, 0.1) is 24.2 Å². The second kappa shape index (κ2) is 7.98. The van der Waals surface area contributed by atoms with Gasteiger partial charge in [-0.2, -0.15) is 18.3 Å². The Morgan fingerprint density at radius 2 is 1.78 bits per heavy atom. The number of nitrogens with zero attached hydrogens (tertiary/aromatic N) is 5. The summed E-state index contributed by atoms with van der Waals surface area (Å²) < 4.78 is 41.5. The van der Waals surface area contributed by atoms with Crippen LogP contribution in [0.2, 0.25) is 0 Å². The molecule has 3 heterocycles. The fraction of sp³-hybridized carbons (Fsp3) is 0.476. The van der Waals surface area contributed by atoms with Gasteiger partial charge in [0.25, 0.3) is 5.56 Å². The Bertz CT molecular complexity index is 1180. The molecule has 1 saturated heterocycles. The van der Waals surface area contributed by atoms with Crippen molar-refractivity contribution >= 4 is 11.0 Å². The molecule has 1 fully saturated rings. The van der Waals surface area contributed by atoms with Gasteiger partial charge < -0.3 is 15.7 Å². The van der Waals surface area contributed by atoms with Crippen molar-refractivity contribution in [1.29, 1.82) is 0 Å². The van der Waals surface area contributed by atoms with E-state index < -0.39 is 17.8 Å². The van der Waals surface area contributed by atoms with E-state index in [9.17, 15) is 23.1 Å². The molecule has 2 aromatic heterocycles. The van der Waals surface area contributed by atoms with Gasteiger partial charge in [-0.1, -0.05) is 24.3 Å². The molecule has 1 atom stereocenters. The van der Waals surface area contributed by atoms with Crippen molar-refractivity contribution in [2.45, 2.75) is 37.2 Å². The largest absolute Gasteiger partial charge is 0.407 e. The van der Waals surface area contributed by atoms with Crippen molar-refractivity contribution in [2.24, 2.45) is 12.8 Å². The minimum atomic E-state index is -4.54. The zero-order chi connectivity index (χ0) is 23.3. The van der Waals surface area contributed by atoms with Crippen molar-refractivity contribution in [1.82, 2.24) is 24.2 Å². The maximum atomic E-state index is 13.0. The molecule has 1 aliphatic heterocycles. The third-order valence-electron chi connectivity index (χ3n) is 6.09. The number of aliphatic hydroxyl groups is 1. The van der Waals surface area contributed by atoms with Crippen LogP contribution in [0.4, 0.5) is 13.2 Å². The predicted octanol–water partition coefficient (Wildman–Crippen LogP) is 1.82. The number of benzene rings is 1. The van der Waals surface area contributed by atoms with E-state index in [1.165, 1.54) is 39.8 Å². The number of hydrogen-bond acceptors (Lipinski definition) is 6. The van der Waals surface area contributed by atoms with E-state index in [0.29, 0.717) is 29.6 Å². The Balaban J connectivity index is 1.67. The summed E-state index contributed by atoms with van der Waals surface area (Å²) in [7, 11) is 3.62. The minimum Gasteiger partial charge on any atom is -0.388 e. The molecule has 0 radical (unpaired) electrons. The lowest BCUT2D eigenvalue weighted by molar-refractivity contribution is -0.149. The van der Waals surface area contributed by atoms with E-state index in [1.807, 2.05) is 7.05 Å². The summed E-state index contributed by atoms with van der Waals surface area (Å²) in [5, 5.41) is 15.2. The summed E-state index contributed by atoms with van der Waals surface area (Å²) in [6, 6.07) is 3.56. The third-order valence-corrected chi connectivity index (χ3v) is 6.09. The quantitative estimate of drug-likeness (QED) is 0.629. The lowest BCUT2D eigenvalue weighted by Crippen LogP contribution is -2.47. The summed E-state index contributed by atoms with van der Waals surface area (Å²) in [4.78, 5) is 19.6. The number of aromatic nitrogens is 4. The van der Waals surface area contributed by atoms with Crippen molar-refractivity contribution in [3.8, 4) is 11.3 Å². The van der Waals surface area contributed by atoms with Crippen molar-refractivity contribution in [3.05, 3.63) is 46.5 Å². The number of aryl methyl sites for hydroxylation is 1. The van der Waals surface area contributed by atoms with Gasteiger partial charge in [-0.25, -0.2) is 4.98 Å². The van der Waals surface area contributed by atoms with Gasteiger partial charge in [-0.05, 0) is 25.5 Å². The molecule has 4 rings (SSSR count). The van der Waals surface area contributed by atoms with E-state index in [-0.39, 0.29) is 23.2 Å². The van der Waals surface area contributed by atoms with Crippen LogP contribution < -0.4 is 11.3 Å². The second-order valence-electron chi connectivity index (χ2n) is 8.52. The molecule has 1 aromatic carbocycles. The van der Waals surface area contributed by atoms with Gasteiger partial charge in [-0.15, -0.1) is 0 Å². The lowest BCUT2D eigenvalue weighted by atomic mass is 9.91. The van der Waals surface area contributed by atoms with Crippen LogP contribution in [0.25, 0.3) is 22.3 Å². The topological polar surface area (TPSA) is 102 Å². The lowest BCUT2D eigenvalue weighted by Gasteiger charge is -2.36. The fourth-order valence-electron chi connectivity index (χ4n) is 4.08. The summed E-state index contributed by atoms with van der Waals surface area (Å²) in [5.41, 5.74) is 5.40. The zero-order valence-corrected chi connectivity index (χ0v) is 17.8. The van der Waals surface area contributed by atoms with Gasteiger partial charge in [0, 0.05) is 25.7 Å². The molecule has 1 unspecified atom stereocenters. The average Bonchev–Trinajstić information content (AvgIpc) is 3.08. The molecule has 172 valence electrons. The molecule has 0 amide bonds. The van der Waals surface area contributed by atoms with Crippen LogP contribution in [0.15, 0.2) is 35.4 Å². The molecular weight excluding hydrogens is 425 g/mol. The second-order valence-corrected chi connectivity index (χ2v) is 8.52. The first-order valence-electron chi connectivity index (χ1n) is 10.2. The van der Waals surface area contributed by atoms with Crippen LogP contribution in [-0.2, 0) is 13.6 Å². The monoisotopic (exact) mass is 450 g/mol. The molecule has 1 aliphatic rings. The van der Waals surface area contributed by atoms with Gasteiger partial charge in [-0.3, -0.25) is 14.0 Å². The SMILES string of the molecule is CN1CCC(O)(Cn2cnc3c(-c4ccc(C(N)C(F)(F)F)cc4)n(C)nc3c2=O)CC1. The van der Waals surface area contributed by atoms with Crippen molar-refractivity contribution in [2.75, 3.05) is 20.1 Å². The molecule has 8 nitrogen and oxygen atoms in total. The van der Waals surface area contributed by atoms with Crippen molar-refractivity contribution in [3.63, 3.8) is 0 Å². The van der Waals surface area contributed by atoms with Crippen LogP contribution in [-0.4, -0.2) is 61.3 Å². The van der Waals surface area contributed by atoms with Crippen LogP contribution in [0, 0.1) is 0 Å². The Morgan fingerprint density at radius 1 is 1.16 bits per heavy atom. The molecule has 0 saturated carbocycles. The number of fused-ring (bicyclic) bond motifs is 1. The average molecular weight is 450 g/mol. The van der Waals surface area contributed by atoms with Crippen LogP contribution in [0.5, 0.6) is 0 Å². The molecule has 11 heteroatoms. The summed E-state index contributed by atoms with van der Waals surface area (Å²) in [6.07, 6.45) is -2.05. The molecule has 0 bridgehead atoms. The molecule has 3 N–H and O–H groups in total. The first kappa shape index (κ1) is 22.4. The Labute approximate surface area is 182 Å². The number of halogens is 3. The van der Waals surface area contributed by atoms with Gasteiger partial charge in [0.1, 0.15) is 11.6 Å². The first-order chi connectivity index (χ1) is 15.0. The normalized spacial score (nSPS) is 18.2. The summed E-state index contributed by atoms with van der Waals surface area (Å²) in [6.45, 7) is 1.60. The van der Waals surface area contributed by atoms with E-state index in [1.54, 1.807) is 7.05 Å². The van der Waals surface area contributed by atoms with E-state index in [0.717, 1.165) is 13.1 Å². The van der Waals surface area contributed by atoms with Crippen LogP contribution in [0.3, 0.4) is 0 Å². The maximum Gasteiger partial charge on any atom is 0.407 e. The molecule has 32 heavy (non-hydrogen) atoms. The van der Waals surface area contributed by atoms with E-state index in [2.05, 4.69) is 15.0 Å². The Morgan fingerprint density at radius 3 is 2.38 bits per heavy atom. The molecular formula is C21H25F3N6O2. The highest BCUT2D eigenvalue weighted by Gasteiger charge is 2.37. The summed E-state index contributed by atoms with van der Waals surface area (Å²) >= 11 is 0. The first-order valence-corrected chi connectivity index (χ1v) is 10.2. The predicted molar refractivity (Wildman–Crippen MR) is 113 cm³/mol. The van der Waals surface area contributed by atoms with Gasteiger partial charge in [0.15, 0.2) is 5.52 Å². The van der Waals surface area contributed by atoms with Crippen LogP contribution >= 0.6 is 0 Å².